The van der Waals surface area contributed by atoms with Crippen LogP contribution in [0.3, 0.4) is 0 Å². The molecule has 178 valence electrons. The van der Waals surface area contributed by atoms with Gasteiger partial charge < -0.3 is 0 Å². The molecule has 1 aromatic heterocycles. The zero-order valence-corrected chi connectivity index (χ0v) is 20.9. The minimum absolute atomic E-state index is 0.107. The Kier molecular flexibility index (Phi) is 5.91. The van der Waals surface area contributed by atoms with Gasteiger partial charge in [-0.25, -0.2) is 17.4 Å². The minimum Gasteiger partial charge on any atom is -0.274 e. The maximum Gasteiger partial charge on any atom is 0.269 e. The maximum atomic E-state index is 13.6. The van der Waals surface area contributed by atoms with Gasteiger partial charge in [0.25, 0.3) is 21.8 Å². The number of nitrogens with zero attached hydrogens (tertiary/aromatic N) is 3. The van der Waals surface area contributed by atoms with Gasteiger partial charge in [-0.1, -0.05) is 53.0 Å². The summed E-state index contributed by atoms with van der Waals surface area (Å²) in [7, 11) is -4.01. The number of aryl methyl sites for hydroxylation is 2. The highest BCUT2D eigenvalue weighted by Crippen LogP contribution is 2.31. The second-order valence-electron chi connectivity index (χ2n) is 8.28. The Morgan fingerprint density at radius 2 is 1.49 bits per heavy atom. The summed E-state index contributed by atoms with van der Waals surface area (Å²) in [5.41, 5.74) is 2.35. The summed E-state index contributed by atoms with van der Waals surface area (Å²) < 4.78 is 28.4. The standard InChI is InChI=1S/C25H19Cl2N3O4S/c1-15-8-10-16(11-9-15)35(33,34)30-22-14-20(27)19(26)13-21(22)28-23(30)7-4-12-29-24(31)17-5-2-3-6-18(17)25(29)32/h2-3,5-6,8-11,13-14H,4,7,12H2,1H3. The Morgan fingerprint density at radius 3 is 2.11 bits per heavy atom. The molecule has 5 rings (SSSR count). The number of hydrogen-bond acceptors (Lipinski definition) is 5. The van der Waals surface area contributed by atoms with E-state index >= 15 is 0 Å². The lowest BCUT2D eigenvalue weighted by Crippen LogP contribution is -2.31. The van der Waals surface area contributed by atoms with Crippen molar-refractivity contribution >= 4 is 56.1 Å². The Balaban J connectivity index is 1.49. The number of fused-ring (bicyclic) bond motifs is 2. The van der Waals surface area contributed by atoms with Crippen molar-refractivity contribution in [2.24, 2.45) is 0 Å². The Labute approximate surface area is 212 Å². The first-order valence-corrected chi connectivity index (χ1v) is 13.0. The highest BCUT2D eigenvalue weighted by Gasteiger charge is 2.34. The van der Waals surface area contributed by atoms with Crippen molar-refractivity contribution in [2.75, 3.05) is 6.54 Å². The van der Waals surface area contributed by atoms with E-state index in [1.54, 1.807) is 36.4 Å². The van der Waals surface area contributed by atoms with Crippen LogP contribution in [0.4, 0.5) is 0 Å². The average molecular weight is 528 g/mol. The van der Waals surface area contributed by atoms with Crippen molar-refractivity contribution in [2.45, 2.75) is 24.7 Å². The molecule has 2 amide bonds. The Hall–Kier alpha value is -3.20. The van der Waals surface area contributed by atoms with Crippen LogP contribution >= 0.6 is 23.2 Å². The van der Waals surface area contributed by atoms with Crippen LogP contribution in [0.15, 0.2) is 65.6 Å². The van der Waals surface area contributed by atoms with Crippen LogP contribution < -0.4 is 0 Å². The predicted octanol–water partition coefficient (Wildman–Crippen LogP) is 5.12. The van der Waals surface area contributed by atoms with E-state index in [0.29, 0.717) is 28.6 Å². The zero-order valence-electron chi connectivity index (χ0n) is 18.5. The number of halogens is 2. The van der Waals surface area contributed by atoms with Crippen molar-refractivity contribution in [3.63, 3.8) is 0 Å². The lowest BCUT2D eigenvalue weighted by molar-refractivity contribution is 0.0652. The number of amides is 2. The molecule has 3 aromatic carbocycles. The number of benzene rings is 3. The fourth-order valence-corrected chi connectivity index (χ4v) is 6.00. The fraction of sp³-hybridized carbons (Fsp3) is 0.160. The quantitative estimate of drug-likeness (QED) is 0.324. The number of rotatable bonds is 6. The third-order valence-corrected chi connectivity index (χ3v) is 8.42. The topological polar surface area (TPSA) is 89.3 Å². The van der Waals surface area contributed by atoms with Gasteiger partial charge in [0.15, 0.2) is 0 Å². The second kappa shape index (κ2) is 8.78. The van der Waals surface area contributed by atoms with Gasteiger partial charge in [-0.15, -0.1) is 0 Å². The minimum atomic E-state index is -4.01. The Bertz CT molecular complexity index is 1580. The van der Waals surface area contributed by atoms with Gasteiger partial charge in [-0.05, 0) is 49.7 Å². The monoisotopic (exact) mass is 527 g/mol. The third kappa shape index (κ3) is 4.01. The van der Waals surface area contributed by atoms with E-state index in [4.69, 9.17) is 23.2 Å². The van der Waals surface area contributed by atoms with Crippen LogP contribution in [0, 0.1) is 6.92 Å². The number of aromatic nitrogens is 2. The summed E-state index contributed by atoms with van der Waals surface area (Å²) in [6.45, 7) is 2.00. The van der Waals surface area contributed by atoms with Crippen molar-refractivity contribution in [3.8, 4) is 0 Å². The van der Waals surface area contributed by atoms with Crippen LogP contribution in [0.1, 0.15) is 38.5 Å². The molecule has 2 heterocycles. The fourth-order valence-electron chi connectivity index (χ4n) is 4.18. The van der Waals surface area contributed by atoms with Gasteiger partial charge in [-0.3, -0.25) is 14.5 Å². The molecule has 4 aromatic rings. The summed E-state index contributed by atoms with van der Waals surface area (Å²) >= 11 is 12.4. The third-order valence-electron chi connectivity index (χ3n) is 5.94. The highest BCUT2D eigenvalue weighted by molar-refractivity contribution is 7.90. The van der Waals surface area contributed by atoms with Crippen LogP contribution in [0.5, 0.6) is 0 Å². The van der Waals surface area contributed by atoms with Gasteiger partial charge in [-0.2, -0.15) is 0 Å². The van der Waals surface area contributed by atoms with E-state index in [-0.39, 0.29) is 45.5 Å². The lowest BCUT2D eigenvalue weighted by Gasteiger charge is -2.14. The molecule has 1 aliphatic heterocycles. The summed E-state index contributed by atoms with van der Waals surface area (Å²) in [6, 6.07) is 16.2. The van der Waals surface area contributed by atoms with E-state index in [2.05, 4.69) is 4.98 Å². The predicted molar refractivity (Wildman–Crippen MR) is 134 cm³/mol. The molecule has 0 unspecified atom stereocenters. The molecule has 0 spiro atoms. The number of imidazole rings is 1. The molecule has 0 saturated heterocycles. The van der Waals surface area contributed by atoms with E-state index in [1.165, 1.54) is 29.2 Å². The SMILES string of the molecule is Cc1ccc(S(=O)(=O)n2c(CCCN3C(=O)c4ccccc4C3=O)nc3cc(Cl)c(Cl)cc32)cc1. The molecule has 0 fully saturated rings. The van der Waals surface area contributed by atoms with Gasteiger partial charge in [0, 0.05) is 13.0 Å². The van der Waals surface area contributed by atoms with E-state index in [9.17, 15) is 18.0 Å². The molecule has 0 aliphatic carbocycles. The lowest BCUT2D eigenvalue weighted by atomic mass is 10.1. The summed E-state index contributed by atoms with van der Waals surface area (Å²) in [6.07, 6.45) is 0.516. The highest BCUT2D eigenvalue weighted by atomic mass is 35.5. The largest absolute Gasteiger partial charge is 0.274 e. The van der Waals surface area contributed by atoms with E-state index in [0.717, 1.165) is 9.54 Å². The van der Waals surface area contributed by atoms with E-state index < -0.39 is 10.0 Å². The molecule has 35 heavy (non-hydrogen) atoms. The molecule has 0 bridgehead atoms. The zero-order chi connectivity index (χ0) is 24.9. The first kappa shape index (κ1) is 23.5. The molecular formula is C25H19Cl2N3O4S. The normalized spacial score (nSPS) is 13.6. The van der Waals surface area contributed by atoms with Gasteiger partial charge in [0.1, 0.15) is 5.82 Å². The van der Waals surface area contributed by atoms with Crippen molar-refractivity contribution < 1.29 is 18.0 Å². The number of carbonyl (C=O) groups is 2. The van der Waals surface area contributed by atoms with Crippen molar-refractivity contribution in [1.29, 1.82) is 0 Å². The van der Waals surface area contributed by atoms with Gasteiger partial charge in [0.05, 0.1) is 37.1 Å². The van der Waals surface area contributed by atoms with Crippen LogP contribution in [-0.2, 0) is 16.4 Å². The van der Waals surface area contributed by atoms with Crippen molar-refractivity contribution in [1.82, 2.24) is 13.9 Å². The molecule has 10 heteroatoms. The summed E-state index contributed by atoms with van der Waals surface area (Å²) in [5.74, 6) is -0.453. The number of carbonyl (C=O) groups excluding carboxylic acids is 2. The summed E-state index contributed by atoms with van der Waals surface area (Å²) in [4.78, 5) is 31.1. The second-order valence-corrected chi connectivity index (χ2v) is 10.9. The van der Waals surface area contributed by atoms with E-state index in [1.807, 2.05) is 6.92 Å². The maximum absolute atomic E-state index is 13.6. The number of hydrogen-bond donors (Lipinski definition) is 0. The molecule has 1 aliphatic rings. The average Bonchev–Trinajstić information content (AvgIpc) is 3.30. The number of imide groups is 1. The smallest absolute Gasteiger partial charge is 0.269 e. The molecule has 0 saturated carbocycles. The molecule has 7 nitrogen and oxygen atoms in total. The summed E-state index contributed by atoms with van der Waals surface area (Å²) in [5, 5.41) is 0.464. The molecular weight excluding hydrogens is 509 g/mol. The Morgan fingerprint density at radius 1 is 0.886 bits per heavy atom. The first-order valence-electron chi connectivity index (χ1n) is 10.8. The van der Waals surface area contributed by atoms with Crippen LogP contribution in [-0.4, -0.2) is 40.6 Å². The van der Waals surface area contributed by atoms with Crippen LogP contribution in [0.2, 0.25) is 10.0 Å². The molecule has 0 radical (unpaired) electrons. The van der Waals surface area contributed by atoms with Gasteiger partial charge in [0.2, 0.25) is 0 Å². The van der Waals surface area contributed by atoms with Crippen molar-refractivity contribution in [3.05, 3.63) is 93.2 Å². The molecule has 0 atom stereocenters. The van der Waals surface area contributed by atoms with Gasteiger partial charge >= 0.3 is 0 Å². The van der Waals surface area contributed by atoms with Crippen LogP contribution in [0.25, 0.3) is 11.0 Å². The first-order chi connectivity index (χ1) is 16.7. The molecule has 0 N–H and O–H groups in total.